The van der Waals surface area contributed by atoms with E-state index in [2.05, 4.69) is 15.6 Å². The lowest BCUT2D eigenvalue weighted by atomic mass is 10.2. The number of hydrogen-bond donors (Lipinski definition) is 3. The van der Waals surface area contributed by atoms with Crippen molar-refractivity contribution in [3.8, 4) is 5.75 Å². The van der Waals surface area contributed by atoms with E-state index in [1.807, 2.05) is 12.1 Å². The fourth-order valence-electron chi connectivity index (χ4n) is 1.23. The zero-order valence-electron chi connectivity index (χ0n) is 9.10. The highest BCUT2D eigenvalue weighted by molar-refractivity contribution is 5.17. The quantitative estimate of drug-likeness (QED) is 0.624. The molecule has 5 nitrogen and oxygen atoms in total. The Morgan fingerprint density at radius 1 is 1.12 bits per heavy atom. The van der Waals surface area contributed by atoms with Crippen LogP contribution >= 0.6 is 0 Å². The van der Waals surface area contributed by atoms with E-state index in [0.29, 0.717) is 6.10 Å². The second-order valence-corrected chi connectivity index (χ2v) is 3.89. The van der Waals surface area contributed by atoms with Gasteiger partial charge in [-0.2, -0.15) is 0 Å². The summed E-state index contributed by atoms with van der Waals surface area (Å²) in [5, 5.41) is 14.4. The van der Waals surface area contributed by atoms with Gasteiger partial charge in [-0.3, -0.25) is 4.98 Å². The molecule has 0 radical (unpaired) electrons. The number of aliphatic hydroxyl groups excluding tert-OH is 1. The average Bonchev–Trinajstić information content (AvgIpc) is 2.23. The third-order valence-corrected chi connectivity index (χ3v) is 2.46. The van der Waals surface area contributed by atoms with Crippen molar-refractivity contribution in [1.82, 2.24) is 15.6 Å². The summed E-state index contributed by atoms with van der Waals surface area (Å²) in [5.74, 6) is 0.909. The van der Waals surface area contributed by atoms with Gasteiger partial charge < -0.3 is 20.5 Å². The minimum atomic E-state index is -0.0463. The Kier molecular flexibility index (Phi) is 4.10. The molecular weight excluding hydrogens is 206 g/mol. The highest BCUT2D eigenvalue weighted by Gasteiger charge is 2.17. The van der Waals surface area contributed by atoms with E-state index < -0.39 is 0 Å². The predicted molar refractivity (Wildman–Crippen MR) is 60.4 cm³/mol. The molecule has 0 aromatic carbocycles. The molecule has 2 fully saturated rings. The summed E-state index contributed by atoms with van der Waals surface area (Å²) < 4.78 is 5.55. The van der Waals surface area contributed by atoms with Crippen molar-refractivity contribution < 1.29 is 9.84 Å². The fourth-order valence-corrected chi connectivity index (χ4v) is 1.23. The number of nitrogens with one attached hydrogen (secondary N) is 2. The van der Waals surface area contributed by atoms with Gasteiger partial charge in [0.2, 0.25) is 0 Å². The minimum Gasteiger partial charge on any atom is -0.488 e. The van der Waals surface area contributed by atoms with E-state index in [4.69, 9.17) is 9.84 Å². The minimum absolute atomic E-state index is 0.0463. The molecule has 0 spiro atoms. The number of β-amino-alcohol motifs (C(OH)–C–C–N with tert-alkyl or cyclic N) is 1. The van der Waals surface area contributed by atoms with Gasteiger partial charge >= 0.3 is 0 Å². The molecule has 0 atom stereocenters. The Labute approximate surface area is 94.8 Å². The summed E-state index contributed by atoms with van der Waals surface area (Å²) >= 11 is 0. The van der Waals surface area contributed by atoms with Gasteiger partial charge in [0, 0.05) is 38.6 Å². The molecule has 3 rings (SSSR count). The number of pyridine rings is 1. The standard InChI is InChI=1S/C8H10N2O.C3H7NO/c1-3-9-4-2-7(1)11-8-5-10-6-8;5-3-1-4-2-3/h1-4,8,10H,5-6H2;3-5H,1-2H2. The van der Waals surface area contributed by atoms with E-state index in [1.165, 1.54) is 0 Å². The summed E-state index contributed by atoms with van der Waals surface area (Å²) in [6.07, 6.45) is 3.79. The van der Waals surface area contributed by atoms with Crippen LogP contribution in [0.1, 0.15) is 0 Å². The van der Waals surface area contributed by atoms with Crippen molar-refractivity contribution in [2.75, 3.05) is 26.2 Å². The van der Waals surface area contributed by atoms with Crippen LogP contribution in [-0.4, -0.2) is 48.5 Å². The van der Waals surface area contributed by atoms with Crippen molar-refractivity contribution in [2.45, 2.75) is 12.2 Å². The maximum Gasteiger partial charge on any atom is 0.123 e. The van der Waals surface area contributed by atoms with Crippen molar-refractivity contribution in [2.24, 2.45) is 0 Å². The van der Waals surface area contributed by atoms with E-state index in [1.54, 1.807) is 12.4 Å². The Morgan fingerprint density at radius 2 is 1.69 bits per heavy atom. The molecular formula is C11H17N3O2. The van der Waals surface area contributed by atoms with Crippen LogP contribution in [0.5, 0.6) is 5.75 Å². The number of ether oxygens (including phenoxy) is 1. The first kappa shape index (κ1) is 11.3. The van der Waals surface area contributed by atoms with Crippen LogP contribution in [0.15, 0.2) is 24.5 Å². The van der Waals surface area contributed by atoms with E-state index in [9.17, 15) is 0 Å². The van der Waals surface area contributed by atoms with Gasteiger partial charge in [0.25, 0.3) is 0 Å². The van der Waals surface area contributed by atoms with Crippen LogP contribution in [-0.2, 0) is 0 Å². The summed E-state index contributed by atoms with van der Waals surface area (Å²) in [4.78, 5) is 3.90. The largest absolute Gasteiger partial charge is 0.488 e. The molecule has 88 valence electrons. The molecule has 16 heavy (non-hydrogen) atoms. The fraction of sp³-hybridized carbons (Fsp3) is 0.545. The van der Waals surface area contributed by atoms with E-state index >= 15 is 0 Å². The Morgan fingerprint density at radius 3 is 2.06 bits per heavy atom. The first-order valence-corrected chi connectivity index (χ1v) is 5.51. The van der Waals surface area contributed by atoms with Gasteiger partial charge in [0.05, 0.1) is 6.10 Å². The zero-order chi connectivity index (χ0) is 11.2. The smallest absolute Gasteiger partial charge is 0.123 e. The van der Waals surface area contributed by atoms with Crippen LogP contribution < -0.4 is 15.4 Å². The first-order valence-electron chi connectivity index (χ1n) is 5.51. The third-order valence-electron chi connectivity index (χ3n) is 2.46. The normalized spacial score (nSPS) is 20.1. The highest BCUT2D eigenvalue weighted by Crippen LogP contribution is 2.10. The van der Waals surface area contributed by atoms with Gasteiger partial charge in [-0.25, -0.2) is 0 Å². The summed E-state index contributed by atoms with van der Waals surface area (Å²) in [7, 11) is 0. The molecule has 3 N–H and O–H groups in total. The summed E-state index contributed by atoms with van der Waals surface area (Å²) in [6.45, 7) is 3.50. The monoisotopic (exact) mass is 223 g/mol. The molecule has 5 heteroatoms. The molecule has 2 saturated heterocycles. The lowest BCUT2D eigenvalue weighted by Gasteiger charge is -2.27. The summed E-state index contributed by atoms with van der Waals surface area (Å²) in [5.41, 5.74) is 0. The zero-order valence-corrected chi connectivity index (χ0v) is 9.10. The number of hydrogen-bond acceptors (Lipinski definition) is 5. The van der Waals surface area contributed by atoms with Gasteiger partial charge in [-0.1, -0.05) is 0 Å². The Bertz CT molecular complexity index is 299. The molecule has 2 aliphatic heterocycles. The number of aromatic nitrogens is 1. The van der Waals surface area contributed by atoms with E-state index in [0.717, 1.165) is 31.9 Å². The molecule has 3 heterocycles. The number of aliphatic hydroxyl groups is 1. The van der Waals surface area contributed by atoms with Gasteiger partial charge in [-0.15, -0.1) is 0 Å². The van der Waals surface area contributed by atoms with Crippen molar-refractivity contribution in [3.63, 3.8) is 0 Å². The number of rotatable bonds is 2. The van der Waals surface area contributed by atoms with Crippen LogP contribution in [0, 0.1) is 0 Å². The van der Waals surface area contributed by atoms with Crippen molar-refractivity contribution in [1.29, 1.82) is 0 Å². The van der Waals surface area contributed by atoms with Gasteiger partial charge in [-0.05, 0) is 12.1 Å². The van der Waals surface area contributed by atoms with Crippen molar-refractivity contribution in [3.05, 3.63) is 24.5 Å². The maximum atomic E-state index is 8.39. The molecule has 0 unspecified atom stereocenters. The van der Waals surface area contributed by atoms with Crippen LogP contribution in [0.3, 0.4) is 0 Å². The SMILES string of the molecule is OC1CNC1.c1cc(OC2CNC2)ccn1. The van der Waals surface area contributed by atoms with Gasteiger partial charge in [0.1, 0.15) is 11.9 Å². The molecule has 1 aromatic heterocycles. The van der Waals surface area contributed by atoms with Crippen LogP contribution in [0.25, 0.3) is 0 Å². The molecule has 0 bridgehead atoms. The average molecular weight is 223 g/mol. The lowest BCUT2D eigenvalue weighted by Crippen LogP contribution is -2.50. The second-order valence-electron chi connectivity index (χ2n) is 3.89. The predicted octanol–water partition coefficient (Wildman–Crippen LogP) is -0.617. The molecule has 1 aromatic rings. The first-order chi connectivity index (χ1) is 7.84. The van der Waals surface area contributed by atoms with E-state index in [-0.39, 0.29) is 6.10 Å². The van der Waals surface area contributed by atoms with Crippen LogP contribution in [0.2, 0.25) is 0 Å². The maximum absolute atomic E-state index is 8.39. The molecule has 0 aliphatic carbocycles. The lowest BCUT2D eigenvalue weighted by molar-refractivity contribution is 0.117. The number of nitrogens with zero attached hydrogens (tertiary/aromatic N) is 1. The summed E-state index contributed by atoms with van der Waals surface area (Å²) in [6, 6.07) is 3.75. The Balaban J connectivity index is 0.000000162. The molecule has 0 saturated carbocycles. The molecule has 2 aliphatic rings. The van der Waals surface area contributed by atoms with Gasteiger partial charge in [0.15, 0.2) is 0 Å². The highest BCUT2D eigenvalue weighted by atomic mass is 16.5. The second kappa shape index (κ2) is 5.79. The third kappa shape index (κ3) is 3.44. The van der Waals surface area contributed by atoms with Crippen molar-refractivity contribution >= 4 is 0 Å². The Hall–Kier alpha value is -1.17. The topological polar surface area (TPSA) is 66.4 Å². The molecule has 0 amide bonds. The van der Waals surface area contributed by atoms with Crippen LogP contribution in [0.4, 0.5) is 0 Å².